The molecule has 2 rings (SSSR count). The molecule has 1 amide bonds. The van der Waals surface area contributed by atoms with Crippen molar-refractivity contribution in [3.05, 3.63) is 0 Å². The molecule has 0 radical (unpaired) electrons. The second-order valence-electron chi connectivity index (χ2n) is 5.68. The van der Waals surface area contributed by atoms with Gasteiger partial charge < -0.3 is 19.7 Å². The van der Waals surface area contributed by atoms with Crippen molar-refractivity contribution in [1.82, 2.24) is 10.2 Å². The predicted octanol–water partition coefficient (Wildman–Crippen LogP) is 0.984. The van der Waals surface area contributed by atoms with Gasteiger partial charge in [0.15, 0.2) is 0 Å². The molecule has 0 aromatic rings. The molecular formula is C12H22N2O3. The number of nitrogens with one attached hydrogen (secondary N) is 1. The molecule has 2 unspecified atom stereocenters. The van der Waals surface area contributed by atoms with Gasteiger partial charge in [-0.15, -0.1) is 0 Å². The van der Waals surface area contributed by atoms with Crippen LogP contribution in [0.15, 0.2) is 0 Å². The molecule has 98 valence electrons. The zero-order valence-electron chi connectivity index (χ0n) is 10.9. The van der Waals surface area contributed by atoms with Gasteiger partial charge in [0.1, 0.15) is 5.60 Å². The summed E-state index contributed by atoms with van der Waals surface area (Å²) in [6.07, 6.45) is 1.02. The molecule has 1 N–H and O–H groups in total. The van der Waals surface area contributed by atoms with Crippen LogP contribution in [0.2, 0.25) is 0 Å². The Balaban J connectivity index is 1.85. The Morgan fingerprint density at radius 1 is 1.47 bits per heavy atom. The molecule has 5 nitrogen and oxygen atoms in total. The smallest absolute Gasteiger partial charge is 0.410 e. The summed E-state index contributed by atoms with van der Waals surface area (Å²) in [4.78, 5) is 13.7. The maximum Gasteiger partial charge on any atom is 0.410 e. The number of morpholine rings is 1. The number of carbonyl (C=O) groups excluding carboxylic acids is 1. The quantitative estimate of drug-likeness (QED) is 0.745. The van der Waals surface area contributed by atoms with E-state index < -0.39 is 5.60 Å². The van der Waals surface area contributed by atoms with Gasteiger partial charge in [0.05, 0.1) is 19.3 Å². The van der Waals surface area contributed by atoms with E-state index in [1.54, 1.807) is 4.90 Å². The standard InChI is InChI=1S/C12H22N2O3/c1-12(2,3)17-11(15)14-6-7-16-10(8-14)9-4-5-13-9/h9-10,13H,4-8H2,1-3H3. The van der Waals surface area contributed by atoms with Gasteiger partial charge in [-0.05, 0) is 33.7 Å². The minimum absolute atomic E-state index is 0.116. The molecule has 0 aromatic carbocycles. The highest BCUT2D eigenvalue weighted by molar-refractivity contribution is 5.68. The van der Waals surface area contributed by atoms with Crippen molar-refractivity contribution in [2.75, 3.05) is 26.2 Å². The highest BCUT2D eigenvalue weighted by Gasteiger charge is 2.34. The SMILES string of the molecule is CC(C)(C)OC(=O)N1CCOC(C2CCN2)C1. The van der Waals surface area contributed by atoms with E-state index in [1.165, 1.54) is 0 Å². The van der Waals surface area contributed by atoms with Gasteiger partial charge in [0.2, 0.25) is 0 Å². The summed E-state index contributed by atoms with van der Waals surface area (Å²) in [6, 6.07) is 0.403. The van der Waals surface area contributed by atoms with E-state index in [0.717, 1.165) is 13.0 Å². The van der Waals surface area contributed by atoms with Gasteiger partial charge in [-0.2, -0.15) is 0 Å². The first-order valence-corrected chi connectivity index (χ1v) is 6.28. The molecule has 2 atom stereocenters. The number of amides is 1. The minimum atomic E-state index is -0.431. The molecule has 2 heterocycles. The first kappa shape index (κ1) is 12.6. The van der Waals surface area contributed by atoms with Crippen LogP contribution in [0, 0.1) is 0 Å². The molecular weight excluding hydrogens is 220 g/mol. The lowest BCUT2D eigenvalue weighted by Gasteiger charge is -2.41. The van der Waals surface area contributed by atoms with Gasteiger partial charge >= 0.3 is 6.09 Å². The van der Waals surface area contributed by atoms with Crippen LogP contribution in [0.5, 0.6) is 0 Å². The van der Waals surface area contributed by atoms with Gasteiger partial charge in [-0.3, -0.25) is 0 Å². The highest BCUT2D eigenvalue weighted by Crippen LogP contribution is 2.18. The molecule has 0 aromatic heterocycles. The Morgan fingerprint density at radius 3 is 2.71 bits per heavy atom. The van der Waals surface area contributed by atoms with Crippen LogP contribution in [-0.4, -0.2) is 55.0 Å². The molecule has 0 bridgehead atoms. The molecule has 5 heteroatoms. The van der Waals surface area contributed by atoms with Crippen molar-refractivity contribution in [1.29, 1.82) is 0 Å². The molecule has 2 saturated heterocycles. The fraction of sp³-hybridized carbons (Fsp3) is 0.917. The maximum absolute atomic E-state index is 11.9. The van der Waals surface area contributed by atoms with E-state index in [4.69, 9.17) is 9.47 Å². The van der Waals surface area contributed by atoms with Crippen LogP contribution < -0.4 is 5.32 Å². The van der Waals surface area contributed by atoms with E-state index in [0.29, 0.717) is 25.7 Å². The molecule has 2 aliphatic heterocycles. The van der Waals surface area contributed by atoms with Crippen LogP contribution >= 0.6 is 0 Å². The summed E-state index contributed by atoms with van der Waals surface area (Å²) in [5, 5.41) is 3.32. The van der Waals surface area contributed by atoms with E-state index in [2.05, 4.69) is 5.32 Å². The Labute approximate surface area is 102 Å². The van der Waals surface area contributed by atoms with Crippen LogP contribution in [0.1, 0.15) is 27.2 Å². The van der Waals surface area contributed by atoms with Crippen molar-refractivity contribution >= 4 is 6.09 Å². The largest absolute Gasteiger partial charge is 0.444 e. The van der Waals surface area contributed by atoms with E-state index in [1.807, 2.05) is 20.8 Å². The number of hydrogen-bond acceptors (Lipinski definition) is 4. The summed E-state index contributed by atoms with van der Waals surface area (Å²) >= 11 is 0. The van der Waals surface area contributed by atoms with Crippen molar-refractivity contribution in [3.8, 4) is 0 Å². The third kappa shape index (κ3) is 3.33. The molecule has 2 aliphatic rings. The predicted molar refractivity (Wildman–Crippen MR) is 64.0 cm³/mol. The minimum Gasteiger partial charge on any atom is -0.444 e. The maximum atomic E-state index is 11.9. The Kier molecular flexibility index (Phi) is 3.58. The van der Waals surface area contributed by atoms with Crippen LogP contribution in [0.4, 0.5) is 4.79 Å². The van der Waals surface area contributed by atoms with Gasteiger partial charge in [-0.25, -0.2) is 4.79 Å². The average Bonchev–Trinajstić information content (AvgIpc) is 2.12. The van der Waals surface area contributed by atoms with Crippen molar-refractivity contribution in [3.63, 3.8) is 0 Å². The zero-order valence-corrected chi connectivity index (χ0v) is 10.9. The number of rotatable bonds is 1. The summed E-state index contributed by atoms with van der Waals surface area (Å²) < 4.78 is 11.0. The highest BCUT2D eigenvalue weighted by atomic mass is 16.6. The lowest BCUT2D eigenvalue weighted by Crippen LogP contribution is -2.59. The van der Waals surface area contributed by atoms with E-state index in [-0.39, 0.29) is 12.2 Å². The third-order valence-corrected chi connectivity index (χ3v) is 3.06. The number of hydrogen-bond donors (Lipinski definition) is 1. The lowest BCUT2D eigenvalue weighted by atomic mass is 10.00. The topological polar surface area (TPSA) is 50.8 Å². The van der Waals surface area contributed by atoms with Crippen molar-refractivity contribution < 1.29 is 14.3 Å². The first-order valence-electron chi connectivity index (χ1n) is 6.28. The number of ether oxygens (including phenoxy) is 2. The van der Waals surface area contributed by atoms with Crippen LogP contribution in [0.25, 0.3) is 0 Å². The molecule has 2 fully saturated rings. The number of carbonyl (C=O) groups is 1. The first-order chi connectivity index (χ1) is 7.96. The normalized spacial score (nSPS) is 29.7. The Bertz CT molecular complexity index is 284. The third-order valence-electron chi connectivity index (χ3n) is 3.06. The average molecular weight is 242 g/mol. The van der Waals surface area contributed by atoms with Crippen molar-refractivity contribution in [2.45, 2.75) is 44.9 Å². The molecule has 0 spiro atoms. The zero-order chi connectivity index (χ0) is 12.5. The van der Waals surface area contributed by atoms with Crippen molar-refractivity contribution in [2.24, 2.45) is 0 Å². The number of nitrogens with zero attached hydrogens (tertiary/aromatic N) is 1. The summed E-state index contributed by atoms with van der Waals surface area (Å²) in [7, 11) is 0. The molecule has 0 aliphatic carbocycles. The second kappa shape index (κ2) is 4.82. The summed E-state index contributed by atoms with van der Waals surface area (Å²) in [6.45, 7) is 8.56. The lowest BCUT2D eigenvalue weighted by molar-refractivity contribution is -0.0633. The van der Waals surface area contributed by atoms with Gasteiger partial charge in [-0.1, -0.05) is 0 Å². The van der Waals surface area contributed by atoms with Crippen LogP contribution in [0.3, 0.4) is 0 Å². The fourth-order valence-electron chi connectivity index (χ4n) is 2.04. The summed E-state index contributed by atoms with van der Waals surface area (Å²) in [5.41, 5.74) is -0.431. The second-order valence-corrected chi connectivity index (χ2v) is 5.68. The fourth-order valence-corrected chi connectivity index (χ4v) is 2.04. The molecule has 17 heavy (non-hydrogen) atoms. The molecule has 0 saturated carbocycles. The van der Waals surface area contributed by atoms with E-state index >= 15 is 0 Å². The monoisotopic (exact) mass is 242 g/mol. The Hall–Kier alpha value is -0.810. The Morgan fingerprint density at radius 2 is 2.18 bits per heavy atom. The summed E-state index contributed by atoms with van der Waals surface area (Å²) in [5.74, 6) is 0. The van der Waals surface area contributed by atoms with Gasteiger partial charge in [0, 0.05) is 12.6 Å². The van der Waals surface area contributed by atoms with E-state index in [9.17, 15) is 4.79 Å². The van der Waals surface area contributed by atoms with Crippen LogP contribution in [-0.2, 0) is 9.47 Å². The van der Waals surface area contributed by atoms with Gasteiger partial charge in [0.25, 0.3) is 0 Å².